The molecule has 1 aromatic heterocycles. The zero-order valence-corrected chi connectivity index (χ0v) is 13.5. The van der Waals surface area contributed by atoms with Gasteiger partial charge < -0.3 is 5.73 Å². The summed E-state index contributed by atoms with van der Waals surface area (Å²) in [6.07, 6.45) is 1.77. The van der Waals surface area contributed by atoms with Crippen molar-refractivity contribution in [2.45, 2.75) is 15.9 Å². The molecule has 22 heavy (non-hydrogen) atoms. The van der Waals surface area contributed by atoms with E-state index in [1.54, 1.807) is 6.26 Å². The molecule has 0 amide bonds. The van der Waals surface area contributed by atoms with Crippen molar-refractivity contribution in [3.8, 4) is 0 Å². The van der Waals surface area contributed by atoms with Gasteiger partial charge >= 0.3 is 0 Å². The molecule has 0 fully saturated rings. The average Bonchev–Trinajstić information content (AvgIpc) is 2.55. The first-order valence-electron chi connectivity index (χ1n) is 6.65. The third-order valence-electron chi connectivity index (χ3n) is 3.20. The first-order valence-corrected chi connectivity index (χ1v) is 8.86. The fourth-order valence-electron chi connectivity index (χ4n) is 2.10. The van der Waals surface area contributed by atoms with Crippen LogP contribution >= 0.6 is 23.5 Å². The third-order valence-corrected chi connectivity index (χ3v) is 4.78. The number of aromatic nitrogens is 2. The van der Waals surface area contributed by atoms with Crippen LogP contribution in [0.5, 0.6) is 0 Å². The van der Waals surface area contributed by atoms with E-state index < -0.39 is 5.82 Å². The van der Waals surface area contributed by atoms with E-state index in [-0.39, 0.29) is 10.8 Å². The molecule has 0 unspecified atom stereocenters. The normalized spacial score (nSPS) is 11.0. The van der Waals surface area contributed by atoms with Crippen molar-refractivity contribution in [1.29, 1.82) is 0 Å². The lowest BCUT2D eigenvalue weighted by Crippen LogP contribution is -2.01. The van der Waals surface area contributed by atoms with E-state index in [1.165, 1.54) is 39.9 Å². The first-order chi connectivity index (χ1) is 10.7. The average molecular weight is 331 g/mol. The maximum absolute atomic E-state index is 13.6. The van der Waals surface area contributed by atoms with Gasteiger partial charge in [-0.25, -0.2) is 9.97 Å². The number of anilines is 1. The van der Waals surface area contributed by atoms with Crippen LogP contribution < -0.4 is 5.73 Å². The lowest BCUT2D eigenvalue weighted by atomic mass is 10.1. The zero-order valence-electron chi connectivity index (χ0n) is 11.9. The Hall–Kier alpha value is -1.79. The monoisotopic (exact) mass is 331 g/mol. The lowest BCUT2D eigenvalue weighted by molar-refractivity contribution is 0.574. The number of hydrogen-bond donors (Lipinski definition) is 1. The minimum Gasteiger partial charge on any atom is -0.381 e. The first kappa shape index (κ1) is 15.1. The molecule has 0 radical (unpaired) electrons. The molecule has 3 rings (SSSR count). The molecule has 3 nitrogen and oxygen atoms in total. The number of fused-ring (bicyclic) bond motifs is 1. The molecular formula is C16H14FN3S2. The number of rotatable bonds is 4. The third kappa shape index (κ3) is 3.18. The molecule has 0 saturated heterocycles. The maximum Gasteiger partial charge on any atom is 0.197 e. The van der Waals surface area contributed by atoms with Crippen LogP contribution in [0, 0.1) is 5.82 Å². The Balaban J connectivity index is 1.80. The summed E-state index contributed by atoms with van der Waals surface area (Å²) in [6, 6.07) is 14.5. The van der Waals surface area contributed by atoms with Crippen molar-refractivity contribution in [2.75, 3.05) is 12.0 Å². The zero-order chi connectivity index (χ0) is 15.5. The van der Waals surface area contributed by atoms with Crippen LogP contribution in [0.1, 0.15) is 5.56 Å². The minimum atomic E-state index is -0.539. The molecule has 0 spiro atoms. The summed E-state index contributed by atoms with van der Waals surface area (Å²) in [5, 5.41) is 3.19. The Kier molecular flexibility index (Phi) is 4.49. The second-order valence-electron chi connectivity index (χ2n) is 4.68. The van der Waals surface area contributed by atoms with Crippen LogP contribution in [-0.4, -0.2) is 16.2 Å². The molecule has 3 aromatic rings. The Morgan fingerprint density at radius 3 is 2.64 bits per heavy atom. The highest BCUT2D eigenvalue weighted by molar-refractivity contribution is 7.99. The van der Waals surface area contributed by atoms with Crippen LogP contribution in [0.2, 0.25) is 0 Å². The molecule has 0 aliphatic carbocycles. The van der Waals surface area contributed by atoms with Crippen molar-refractivity contribution in [3.63, 3.8) is 0 Å². The van der Waals surface area contributed by atoms with E-state index in [0.717, 1.165) is 0 Å². The quantitative estimate of drug-likeness (QED) is 0.437. The highest BCUT2D eigenvalue weighted by Gasteiger charge is 2.11. The van der Waals surface area contributed by atoms with Crippen LogP contribution in [0.3, 0.4) is 0 Å². The summed E-state index contributed by atoms with van der Waals surface area (Å²) < 4.78 is 13.6. The van der Waals surface area contributed by atoms with Gasteiger partial charge in [0, 0.05) is 5.75 Å². The minimum absolute atomic E-state index is 0.0969. The summed E-state index contributed by atoms with van der Waals surface area (Å²) in [5.41, 5.74) is 6.76. The van der Waals surface area contributed by atoms with E-state index in [2.05, 4.69) is 40.3 Å². The molecule has 0 atom stereocenters. The van der Waals surface area contributed by atoms with Gasteiger partial charge in [-0.15, -0.1) is 11.8 Å². The van der Waals surface area contributed by atoms with Crippen molar-refractivity contribution < 1.29 is 4.39 Å². The molecule has 2 N–H and O–H groups in total. The molecule has 0 saturated carbocycles. The predicted molar refractivity (Wildman–Crippen MR) is 91.7 cm³/mol. The molecule has 0 bridgehead atoms. The van der Waals surface area contributed by atoms with Crippen LogP contribution in [-0.2, 0) is 5.75 Å². The molecule has 1 heterocycles. The Morgan fingerprint density at radius 1 is 1.09 bits per heavy atom. The molecule has 6 heteroatoms. The number of nitrogens with zero attached hydrogens (tertiary/aromatic N) is 2. The number of nitrogens with two attached hydrogens (primary N) is 1. The van der Waals surface area contributed by atoms with Crippen LogP contribution in [0.15, 0.2) is 52.6 Å². The fourth-order valence-corrected chi connectivity index (χ4v) is 3.41. The van der Waals surface area contributed by atoms with Gasteiger partial charge in [-0.3, -0.25) is 0 Å². The van der Waals surface area contributed by atoms with Crippen LogP contribution in [0.4, 0.5) is 10.2 Å². The summed E-state index contributed by atoms with van der Waals surface area (Å²) in [7, 11) is 0. The van der Waals surface area contributed by atoms with E-state index in [0.29, 0.717) is 10.9 Å². The summed E-state index contributed by atoms with van der Waals surface area (Å²) in [5.74, 6) is 0.0758. The number of benzene rings is 2. The van der Waals surface area contributed by atoms with Gasteiger partial charge in [-0.1, -0.05) is 54.2 Å². The van der Waals surface area contributed by atoms with E-state index in [1.807, 2.05) is 12.1 Å². The molecular weight excluding hydrogens is 317 g/mol. The number of thioether (sulfide) groups is 2. The van der Waals surface area contributed by atoms with Gasteiger partial charge in [0.1, 0.15) is 5.03 Å². The summed E-state index contributed by atoms with van der Waals surface area (Å²) in [4.78, 5) is 8.19. The number of halogens is 1. The van der Waals surface area contributed by atoms with Crippen molar-refractivity contribution in [1.82, 2.24) is 9.97 Å². The standard InChI is InChI=1S/C16H14FN3S2/c1-21-15-13(17)14(18)19-16(20-15)22-9-10-6-7-11-4-2-3-5-12(11)8-10/h2-8H,9H2,1H3,(H2,18,19,20). The smallest absolute Gasteiger partial charge is 0.197 e. The second kappa shape index (κ2) is 6.54. The molecule has 112 valence electrons. The van der Waals surface area contributed by atoms with Gasteiger partial charge in [0.05, 0.1) is 0 Å². The van der Waals surface area contributed by atoms with E-state index >= 15 is 0 Å². The fraction of sp³-hybridized carbons (Fsp3) is 0.125. The number of nitrogen functional groups attached to an aromatic ring is 1. The van der Waals surface area contributed by atoms with E-state index in [9.17, 15) is 4.39 Å². The largest absolute Gasteiger partial charge is 0.381 e. The van der Waals surface area contributed by atoms with Gasteiger partial charge in [0.2, 0.25) is 0 Å². The molecule has 2 aromatic carbocycles. The summed E-state index contributed by atoms with van der Waals surface area (Å²) >= 11 is 2.68. The van der Waals surface area contributed by atoms with Crippen molar-refractivity contribution in [3.05, 3.63) is 53.8 Å². The van der Waals surface area contributed by atoms with Crippen molar-refractivity contribution in [2.24, 2.45) is 0 Å². The topological polar surface area (TPSA) is 51.8 Å². The van der Waals surface area contributed by atoms with Crippen LogP contribution in [0.25, 0.3) is 10.8 Å². The highest BCUT2D eigenvalue weighted by atomic mass is 32.2. The van der Waals surface area contributed by atoms with Crippen molar-refractivity contribution >= 4 is 40.1 Å². The Bertz CT molecular complexity index is 824. The van der Waals surface area contributed by atoms with E-state index in [4.69, 9.17) is 5.73 Å². The lowest BCUT2D eigenvalue weighted by Gasteiger charge is -2.06. The number of hydrogen-bond acceptors (Lipinski definition) is 5. The van der Waals surface area contributed by atoms with Gasteiger partial charge in [0.25, 0.3) is 0 Å². The molecule has 0 aliphatic heterocycles. The SMILES string of the molecule is CSc1nc(SCc2ccc3ccccc3c2)nc(N)c1F. The van der Waals surface area contributed by atoms with Gasteiger partial charge in [-0.05, 0) is 22.6 Å². The highest BCUT2D eigenvalue weighted by Crippen LogP contribution is 2.27. The summed E-state index contributed by atoms with van der Waals surface area (Å²) in [6.45, 7) is 0. The maximum atomic E-state index is 13.6. The van der Waals surface area contributed by atoms with Gasteiger partial charge in [-0.2, -0.15) is 4.39 Å². The Labute approximate surface area is 136 Å². The Morgan fingerprint density at radius 2 is 1.86 bits per heavy atom. The second-order valence-corrected chi connectivity index (χ2v) is 6.42. The molecule has 0 aliphatic rings. The van der Waals surface area contributed by atoms with Gasteiger partial charge in [0.15, 0.2) is 16.8 Å². The predicted octanol–water partition coefficient (Wildman–Crippen LogP) is 4.37.